The largest absolute Gasteiger partial charge is 0.361 e. The molecule has 1 aliphatic heterocycles. The maximum Gasteiger partial charge on any atom is 0.229 e. The highest BCUT2D eigenvalue weighted by Crippen LogP contribution is 2.33. The molecule has 5 nitrogen and oxygen atoms in total. The molecule has 0 atom stereocenters. The summed E-state index contributed by atoms with van der Waals surface area (Å²) in [7, 11) is 0. The van der Waals surface area contributed by atoms with Crippen LogP contribution in [0.5, 0.6) is 0 Å². The van der Waals surface area contributed by atoms with Crippen molar-refractivity contribution in [3.8, 4) is 0 Å². The SMILES string of the molecule is C1=Cc2cnc(Nc3ccc4[nH]ccc4c3)nc2N(CC2CC2)C1. The molecule has 3 aromatic rings. The third-order valence-corrected chi connectivity index (χ3v) is 4.70. The number of hydrogen-bond donors (Lipinski definition) is 2. The molecule has 2 aromatic heterocycles. The molecule has 1 fully saturated rings. The number of nitrogens with zero attached hydrogens (tertiary/aromatic N) is 3. The van der Waals surface area contributed by atoms with Crippen LogP contribution in [0, 0.1) is 5.92 Å². The molecule has 3 heterocycles. The van der Waals surface area contributed by atoms with E-state index in [-0.39, 0.29) is 0 Å². The Balaban J connectivity index is 1.44. The van der Waals surface area contributed by atoms with Crippen LogP contribution in [0.25, 0.3) is 17.0 Å². The Morgan fingerprint density at radius 1 is 1.25 bits per heavy atom. The second kappa shape index (κ2) is 5.37. The fourth-order valence-corrected chi connectivity index (χ4v) is 3.24. The highest BCUT2D eigenvalue weighted by atomic mass is 15.2. The minimum absolute atomic E-state index is 0.653. The second-order valence-corrected chi connectivity index (χ2v) is 6.63. The van der Waals surface area contributed by atoms with Gasteiger partial charge in [0.25, 0.3) is 0 Å². The quantitative estimate of drug-likeness (QED) is 0.765. The van der Waals surface area contributed by atoms with E-state index in [0.29, 0.717) is 5.95 Å². The number of aromatic amines is 1. The average Bonchev–Trinajstić information content (AvgIpc) is 3.30. The number of fused-ring (bicyclic) bond motifs is 2. The predicted molar refractivity (Wildman–Crippen MR) is 97.6 cm³/mol. The summed E-state index contributed by atoms with van der Waals surface area (Å²) < 4.78 is 0. The summed E-state index contributed by atoms with van der Waals surface area (Å²) in [5.74, 6) is 2.54. The summed E-state index contributed by atoms with van der Waals surface area (Å²) >= 11 is 0. The smallest absolute Gasteiger partial charge is 0.229 e. The van der Waals surface area contributed by atoms with Crippen LogP contribution >= 0.6 is 0 Å². The van der Waals surface area contributed by atoms with E-state index in [1.165, 1.54) is 18.2 Å². The molecule has 5 rings (SSSR count). The molecule has 120 valence electrons. The van der Waals surface area contributed by atoms with Gasteiger partial charge in [-0.1, -0.05) is 12.2 Å². The van der Waals surface area contributed by atoms with Crippen molar-refractivity contribution in [2.45, 2.75) is 12.8 Å². The van der Waals surface area contributed by atoms with Gasteiger partial charge in [-0.25, -0.2) is 4.98 Å². The average molecular weight is 317 g/mol. The summed E-state index contributed by atoms with van der Waals surface area (Å²) in [6, 6.07) is 8.29. The number of nitrogens with one attached hydrogen (secondary N) is 2. The fourth-order valence-electron chi connectivity index (χ4n) is 3.24. The summed E-state index contributed by atoms with van der Waals surface area (Å²) in [5.41, 5.74) is 3.24. The lowest BCUT2D eigenvalue weighted by Gasteiger charge is -2.27. The maximum atomic E-state index is 4.78. The van der Waals surface area contributed by atoms with Gasteiger partial charge in [-0.2, -0.15) is 4.98 Å². The summed E-state index contributed by atoms with van der Waals surface area (Å²) in [6.07, 6.45) is 10.9. The highest BCUT2D eigenvalue weighted by Gasteiger charge is 2.26. The maximum absolute atomic E-state index is 4.78. The van der Waals surface area contributed by atoms with Gasteiger partial charge in [-0.3, -0.25) is 0 Å². The van der Waals surface area contributed by atoms with Gasteiger partial charge in [0.15, 0.2) is 0 Å². The zero-order valence-corrected chi connectivity index (χ0v) is 13.4. The molecule has 24 heavy (non-hydrogen) atoms. The molecule has 2 N–H and O–H groups in total. The molecule has 0 spiro atoms. The van der Waals surface area contributed by atoms with E-state index < -0.39 is 0 Å². The molecular formula is C19H19N5. The van der Waals surface area contributed by atoms with Gasteiger partial charge in [0.2, 0.25) is 5.95 Å². The van der Waals surface area contributed by atoms with Crippen molar-refractivity contribution >= 4 is 34.4 Å². The van der Waals surface area contributed by atoms with Crippen molar-refractivity contribution in [3.63, 3.8) is 0 Å². The number of aromatic nitrogens is 3. The first-order valence-corrected chi connectivity index (χ1v) is 8.48. The van der Waals surface area contributed by atoms with Crippen LogP contribution in [-0.4, -0.2) is 28.0 Å². The normalized spacial score (nSPS) is 16.4. The van der Waals surface area contributed by atoms with Gasteiger partial charge >= 0.3 is 0 Å². The van der Waals surface area contributed by atoms with E-state index in [2.05, 4.69) is 50.5 Å². The van der Waals surface area contributed by atoms with Crippen LogP contribution in [0.3, 0.4) is 0 Å². The Labute approximate surface area is 140 Å². The number of hydrogen-bond acceptors (Lipinski definition) is 4. The lowest BCUT2D eigenvalue weighted by molar-refractivity contribution is 0.745. The van der Waals surface area contributed by atoms with E-state index in [1.807, 2.05) is 18.5 Å². The van der Waals surface area contributed by atoms with Gasteiger partial charge in [0, 0.05) is 47.6 Å². The number of H-pyrrole nitrogens is 1. The molecular weight excluding hydrogens is 298 g/mol. The molecule has 2 aliphatic rings. The van der Waals surface area contributed by atoms with Gasteiger partial charge in [0.1, 0.15) is 5.82 Å². The van der Waals surface area contributed by atoms with Gasteiger partial charge < -0.3 is 15.2 Å². The Bertz CT molecular complexity index is 922. The minimum Gasteiger partial charge on any atom is -0.361 e. The van der Waals surface area contributed by atoms with E-state index >= 15 is 0 Å². The van der Waals surface area contributed by atoms with Crippen LogP contribution in [0.2, 0.25) is 0 Å². The molecule has 1 saturated carbocycles. The van der Waals surface area contributed by atoms with Gasteiger partial charge in [-0.15, -0.1) is 0 Å². The molecule has 5 heteroatoms. The van der Waals surface area contributed by atoms with Crippen LogP contribution in [0.4, 0.5) is 17.5 Å². The number of rotatable bonds is 4. The summed E-state index contributed by atoms with van der Waals surface area (Å²) in [5, 5.41) is 4.52. The zero-order chi connectivity index (χ0) is 15.9. The van der Waals surface area contributed by atoms with Crippen molar-refractivity contribution in [2.24, 2.45) is 5.92 Å². The Hall–Kier alpha value is -2.82. The van der Waals surface area contributed by atoms with Crippen LogP contribution < -0.4 is 10.2 Å². The molecule has 0 saturated heterocycles. The Kier molecular flexibility index (Phi) is 3.04. The van der Waals surface area contributed by atoms with Crippen molar-refractivity contribution in [3.05, 3.63) is 48.3 Å². The minimum atomic E-state index is 0.653. The molecule has 0 unspecified atom stereocenters. The molecule has 1 aromatic carbocycles. The zero-order valence-electron chi connectivity index (χ0n) is 13.4. The second-order valence-electron chi connectivity index (χ2n) is 6.63. The third-order valence-electron chi connectivity index (χ3n) is 4.70. The van der Waals surface area contributed by atoms with Crippen molar-refractivity contribution in [1.82, 2.24) is 15.0 Å². The first-order chi connectivity index (χ1) is 11.8. The summed E-state index contributed by atoms with van der Waals surface area (Å²) in [4.78, 5) is 14.8. The van der Waals surface area contributed by atoms with Gasteiger partial charge in [-0.05, 0) is 43.0 Å². The monoisotopic (exact) mass is 317 g/mol. The third kappa shape index (κ3) is 2.52. The highest BCUT2D eigenvalue weighted by molar-refractivity contribution is 5.83. The first kappa shape index (κ1) is 13.6. The van der Waals surface area contributed by atoms with Crippen molar-refractivity contribution in [1.29, 1.82) is 0 Å². The fraction of sp³-hybridized carbons (Fsp3) is 0.263. The van der Waals surface area contributed by atoms with E-state index in [0.717, 1.165) is 41.6 Å². The topological polar surface area (TPSA) is 56.8 Å². The predicted octanol–water partition coefficient (Wildman–Crippen LogP) is 3.94. The van der Waals surface area contributed by atoms with E-state index in [9.17, 15) is 0 Å². The van der Waals surface area contributed by atoms with E-state index in [4.69, 9.17) is 4.98 Å². The standard InChI is InChI=1S/C19H19N5/c1-2-15-11-21-19(23-18(15)24(9-1)12-13-3-4-13)22-16-5-6-17-14(10-16)7-8-20-17/h1-2,5-8,10-11,13,20H,3-4,9,12H2,(H,21,22,23). The van der Waals surface area contributed by atoms with Gasteiger partial charge in [0.05, 0.1) is 0 Å². The molecule has 0 radical (unpaired) electrons. The molecule has 1 aliphatic carbocycles. The lowest BCUT2D eigenvalue weighted by Crippen LogP contribution is -2.29. The Morgan fingerprint density at radius 3 is 3.12 bits per heavy atom. The summed E-state index contributed by atoms with van der Waals surface area (Å²) in [6.45, 7) is 2.04. The van der Waals surface area contributed by atoms with Crippen molar-refractivity contribution in [2.75, 3.05) is 23.3 Å². The number of benzene rings is 1. The number of anilines is 3. The van der Waals surface area contributed by atoms with E-state index in [1.54, 1.807) is 0 Å². The van der Waals surface area contributed by atoms with Crippen molar-refractivity contribution < 1.29 is 0 Å². The first-order valence-electron chi connectivity index (χ1n) is 8.48. The Morgan fingerprint density at radius 2 is 2.21 bits per heavy atom. The lowest BCUT2D eigenvalue weighted by atomic mass is 10.2. The van der Waals surface area contributed by atoms with Crippen LogP contribution in [0.15, 0.2) is 42.7 Å². The molecule has 0 bridgehead atoms. The molecule has 0 amide bonds. The van der Waals surface area contributed by atoms with Crippen LogP contribution in [0.1, 0.15) is 18.4 Å². The van der Waals surface area contributed by atoms with Crippen LogP contribution in [-0.2, 0) is 0 Å².